The van der Waals surface area contributed by atoms with Crippen LogP contribution in [-0.4, -0.2) is 17.9 Å². The summed E-state index contributed by atoms with van der Waals surface area (Å²) < 4.78 is 5.19. The van der Waals surface area contributed by atoms with Crippen molar-refractivity contribution < 1.29 is 14.3 Å². The number of benzene rings is 1. The van der Waals surface area contributed by atoms with Gasteiger partial charge in [-0.2, -0.15) is 0 Å². The van der Waals surface area contributed by atoms with Crippen LogP contribution in [0.3, 0.4) is 0 Å². The molecule has 3 nitrogen and oxygen atoms in total. The van der Waals surface area contributed by atoms with E-state index in [2.05, 4.69) is 0 Å². The van der Waals surface area contributed by atoms with Crippen molar-refractivity contribution in [3.8, 4) is 0 Å². The van der Waals surface area contributed by atoms with Crippen molar-refractivity contribution >= 4 is 23.1 Å². The van der Waals surface area contributed by atoms with Gasteiger partial charge in [0.05, 0.1) is 0 Å². The second kappa shape index (κ2) is 5.80. The van der Waals surface area contributed by atoms with Gasteiger partial charge in [-0.25, -0.2) is 4.79 Å². The summed E-state index contributed by atoms with van der Waals surface area (Å²) in [4.78, 5) is 25.4. The first-order chi connectivity index (χ1) is 9.08. The molecule has 2 rings (SSSR count). The monoisotopic (exact) mass is 274 g/mol. The van der Waals surface area contributed by atoms with Crippen molar-refractivity contribution in [1.82, 2.24) is 0 Å². The largest absolute Gasteiger partial charge is 0.450 e. The van der Waals surface area contributed by atoms with Gasteiger partial charge in [-0.3, -0.25) is 4.79 Å². The molecule has 0 aliphatic heterocycles. The molecule has 0 N–H and O–H groups in total. The van der Waals surface area contributed by atoms with Crippen LogP contribution >= 0.6 is 11.3 Å². The van der Waals surface area contributed by atoms with Crippen molar-refractivity contribution in [3.63, 3.8) is 0 Å². The highest BCUT2D eigenvalue weighted by Crippen LogP contribution is 2.17. The first-order valence-corrected chi connectivity index (χ1v) is 6.76. The first-order valence-electron chi connectivity index (χ1n) is 5.94. The Morgan fingerprint density at radius 3 is 2.37 bits per heavy atom. The van der Waals surface area contributed by atoms with Gasteiger partial charge in [0.15, 0.2) is 6.10 Å². The van der Waals surface area contributed by atoms with Crippen LogP contribution in [-0.2, 0) is 4.74 Å². The molecule has 2 aromatic rings. The average molecular weight is 274 g/mol. The number of ketones is 1. The maximum absolute atomic E-state index is 12.0. The quantitative estimate of drug-likeness (QED) is 0.633. The molecule has 0 aliphatic carbocycles. The zero-order chi connectivity index (χ0) is 13.8. The second-order valence-electron chi connectivity index (χ2n) is 4.19. The maximum Gasteiger partial charge on any atom is 0.349 e. The van der Waals surface area contributed by atoms with Crippen molar-refractivity contribution in [3.05, 3.63) is 57.8 Å². The third kappa shape index (κ3) is 3.29. The lowest BCUT2D eigenvalue weighted by atomic mass is 10.1. The van der Waals surface area contributed by atoms with E-state index in [9.17, 15) is 9.59 Å². The molecule has 0 aliphatic rings. The van der Waals surface area contributed by atoms with Gasteiger partial charge in [0.2, 0.25) is 5.78 Å². The topological polar surface area (TPSA) is 43.4 Å². The third-order valence-corrected chi connectivity index (χ3v) is 3.63. The molecule has 0 fully saturated rings. The van der Waals surface area contributed by atoms with Crippen LogP contribution in [0.5, 0.6) is 0 Å². The highest BCUT2D eigenvalue weighted by Gasteiger charge is 2.20. The van der Waals surface area contributed by atoms with E-state index in [-0.39, 0.29) is 5.78 Å². The molecule has 0 bridgehead atoms. The van der Waals surface area contributed by atoms with Crippen molar-refractivity contribution in [1.29, 1.82) is 0 Å². The number of hydrogen-bond donors (Lipinski definition) is 0. The first kappa shape index (κ1) is 13.5. The van der Waals surface area contributed by atoms with E-state index in [0.717, 1.165) is 4.88 Å². The Labute approximate surface area is 115 Å². The summed E-state index contributed by atoms with van der Waals surface area (Å²) in [5.41, 5.74) is 0.546. The van der Waals surface area contributed by atoms with E-state index < -0.39 is 12.1 Å². The highest BCUT2D eigenvalue weighted by molar-refractivity contribution is 7.13. The predicted octanol–water partition coefficient (Wildman–Crippen LogP) is 3.48. The van der Waals surface area contributed by atoms with Crippen molar-refractivity contribution in [2.24, 2.45) is 0 Å². The minimum Gasteiger partial charge on any atom is -0.450 e. The Morgan fingerprint density at radius 1 is 1.11 bits per heavy atom. The molecule has 1 unspecified atom stereocenters. The van der Waals surface area contributed by atoms with Crippen LogP contribution in [0.2, 0.25) is 0 Å². The summed E-state index contributed by atoms with van der Waals surface area (Å²) in [7, 11) is 0. The van der Waals surface area contributed by atoms with Gasteiger partial charge >= 0.3 is 5.97 Å². The Kier molecular flexibility index (Phi) is 4.12. The van der Waals surface area contributed by atoms with E-state index in [4.69, 9.17) is 4.74 Å². The van der Waals surface area contributed by atoms with Crippen LogP contribution in [0.15, 0.2) is 42.5 Å². The normalized spacial score (nSPS) is 11.9. The average Bonchev–Trinajstić information content (AvgIpc) is 2.85. The Morgan fingerprint density at radius 2 is 1.79 bits per heavy atom. The molecule has 0 radical (unpaired) electrons. The third-order valence-electron chi connectivity index (χ3n) is 2.65. The summed E-state index contributed by atoms with van der Waals surface area (Å²) >= 11 is 1.36. The van der Waals surface area contributed by atoms with E-state index >= 15 is 0 Å². The SMILES string of the molecule is Cc1ccc(C(=O)OC(C)C(=O)c2ccccc2)s1. The summed E-state index contributed by atoms with van der Waals surface area (Å²) in [5, 5.41) is 0. The van der Waals surface area contributed by atoms with Gasteiger partial charge in [-0.1, -0.05) is 30.3 Å². The number of Topliss-reactive ketones (excluding diaryl/α,β-unsaturated/α-hetero) is 1. The van der Waals surface area contributed by atoms with Crippen molar-refractivity contribution in [2.45, 2.75) is 20.0 Å². The smallest absolute Gasteiger partial charge is 0.349 e. The van der Waals surface area contributed by atoms with Gasteiger partial charge in [-0.15, -0.1) is 11.3 Å². The maximum atomic E-state index is 12.0. The number of esters is 1. The van der Waals surface area contributed by atoms with Crippen LogP contribution in [0.1, 0.15) is 31.8 Å². The molecule has 0 saturated heterocycles. The summed E-state index contributed by atoms with van der Waals surface area (Å²) in [6, 6.07) is 12.4. The minimum atomic E-state index is -0.780. The van der Waals surface area contributed by atoms with E-state index in [1.807, 2.05) is 19.1 Å². The molecular weight excluding hydrogens is 260 g/mol. The molecule has 4 heteroatoms. The van der Waals surface area contributed by atoms with Crippen LogP contribution in [0, 0.1) is 6.92 Å². The molecule has 0 amide bonds. The number of carbonyl (C=O) groups excluding carboxylic acids is 2. The van der Waals surface area contributed by atoms with Gasteiger partial charge in [0, 0.05) is 10.4 Å². The van der Waals surface area contributed by atoms with E-state index in [0.29, 0.717) is 10.4 Å². The minimum absolute atomic E-state index is 0.192. The molecule has 1 aromatic carbocycles. The summed E-state index contributed by atoms with van der Waals surface area (Å²) in [6.07, 6.45) is -0.780. The van der Waals surface area contributed by atoms with Crippen LogP contribution in [0.4, 0.5) is 0 Å². The molecule has 1 aromatic heterocycles. The number of thiophene rings is 1. The lowest BCUT2D eigenvalue weighted by Gasteiger charge is -2.11. The molecule has 19 heavy (non-hydrogen) atoms. The standard InChI is InChI=1S/C15H14O3S/c1-10-8-9-13(19-10)15(17)18-11(2)14(16)12-6-4-3-5-7-12/h3-9,11H,1-2H3. The van der Waals surface area contributed by atoms with E-state index in [1.165, 1.54) is 11.3 Å². The van der Waals surface area contributed by atoms with Crippen LogP contribution in [0.25, 0.3) is 0 Å². The lowest BCUT2D eigenvalue weighted by molar-refractivity contribution is 0.0323. The predicted molar refractivity (Wildman–Crippen MR) is 74.7 cm³/mol. The Balaban J connectivity index is 2.03. The van der Waals surface area contributed by atoms with Crippen LogP contribution < -0.4 is 0 Å². The number of ether oxygens (including phenoxy) is 1. The van der Waals surface area contributed by atoms with Gasteiger partial charge in [-0.05, 0) is 26.0 Å². The fourth-order valence-electron chi connectivity index (χ4n) is 1.65. The Bertz CT molecular complexity index is 586. The number of hydrogen-bond acceptors (Lipinski definition) is 4. The highest BCUT2D eigenvalue weighted by atomic mass is 32.1. The fraction of sp³-hybridized carbons (Fsp3) is 0.200. The summed E-state index contributed by atoms with van der Waals surface area (Å²) in [6.45, 7) is 3.51. The molecule has 0 spiro atoms. The number of aryl methyl sites for hydroxylation is 1. The lowest BCUT2D eigenvalue weighted by Crippen LogP contribution is -2.24. The molecular formula is C15H14O3S. The van der Waals surface area contributed by atoms with Gasteiger partial charge in [0.25, 0.3) is 0 Å². The molecule has 0 saturated carbocycles. The Hall–Kier alpha value is -1.94. The molecule has 98 valence electrons. The van der Waals surface area contributed by atoms with Gasteiger partial charge < -0.3 is 4.74 Å². The molecule has 1 heterocycles. The van der Waals surface area contributed by atoms with Crippen molar-refractivity contribution in [2.75, 3.05) is 0 Å². The zero-order valence-electron chi connectivity index (χ0n) is 10.8. The summed E-state index contributed by atoms with van der Waals surface area (Å²) in [5.74, 6) is -0.642. The van der Waals surface area contributed by atoms with E-state index in [1.54, 1.807) is 37.3 Å². The van der Waals surface area contributed by atoms with Gasteiger partial charge in [0.1, 0.15) is 4.88 Å². The molecule has 1 atom stereocenters. The fourth-order valence-corrected chi connectivity index (χ4v) is 2.40. The number of carbonyl (C=O) groups is 2. The number of rotatable bonds is 4. The zero-order valence-corrected chi connectivity index (χ0v) is 11.6. The second-order valence-corrected chi connectivity index (χ2v) is 5.48.